The average Bonchev–Trinajstić information content (AvgIpc) is 2.28. The maximum Gasteiger partial charge on any atom is 0.130 e. The molecule has 2 aromatic carbocycles. The minimum Gasteiger partial charge on any atom is -0.457 e. The van der Waals surface area contributed by atoms with Gasteiger partial charge in [0.15, 0.2) is 0 Å². The molecule has 2 aromatic rings. The van der Waals surface area contributed by atoms with Crippen molar-refractivity contribution in [3.8, 4) is 11.5 Å². The smallest absolute Gasteiger partial charge is 0.130 e. The molecule has 0 saturated carbocycles. The highest BCUT2D eigenvalue weighted by molar-refractivity contribution is 6.34. The Bertz CT molecular complexity index is 565. The van der Waals surface area contributed by atoms with Crippen LogP contribution in [0.3, 0.4) is 0 Å². The number of hydrogen-bond acceptors (Lipinski definition) is 3. The quantitative estimate of drug-likeness (QED) is 0.523. The first-order valence-corrected chi connectivity index (χ1v) is 5.90. The number of hydrogen-bond donors (Lipinski definition) is 1. The Labute approximate surface area is 115 Å². The Morgan fingerprint density at radius 3 is 2.39 bits per heavy atom. The normalized spacial score (nSPS) is 10.8. The van der Waals surface area contributed by atoms with Crippen LogP contribution in [0.25, 0.3) is 0 Å². The van der Waals surface area contributed by atoms with Gasteiger partial charge in [-0.2, -0.15) is 5.10 Å². The fourth-order valence-corrected chi connectivity index (χ4v) is 1.97. The molecule has 3 nitrogen and oxygen atoms in total. The Kier molecular flexibility index (Phi) is 4.07. The van der Waals surface area contributed by atoms with Crippen molar-refractivity contribution >= 4 is 29.4 Å². The van der Waals surface area contributed by atoms with Crippen LogP contribution in [0.4, 0.5) is 0 Å². The first-order valence-electron chi connectivity index (χ1n) is 5.14. The van der Waals surface area contributed by atoms with E-state index in [0.717, 1.165) is 5.56 Å². The van der Waals surface area contributed by atoms with E-state index in [1.165, 1.54) is 6.21 Å². The van der Waals surface area contributed by atoms with Gasteiger partial charge in [0, 0.05) is 10.0 Å². The Balaban J connectivity index is 2.25. The minimum atomic E-state index is 0.525. The zero-order valence-electron chi connectivity index (χ0n) is 9.31. The van der Waals surface area contributed by atoms with Crippen molar-refractivity contribution in [3.05, 3.63) is 58.1 Å². The minimum absolute atomic E-state index is 0.525. The zero-order valence-corrected chi connectivity index (χ0v) is 10.8. The molecule has 0 fully saturated rings. The van der Waals surface area contributed by atoms with Crippen LogP contribution >= 0.6 is 23.2 Å². The molecule has 0 unspecified atom stereocenters. The summed E-state index contributed by atoms with van der Waals surface area (Å²) in [5, 5.41) is 4.51. The fraction of sp³-hybridized carbons (Fsp3) is 0. The van der Waals surface area contributed by atoms with Crippen LogP contribution in [0, 0.1) is 0 Å². The van der Waals surface area contributed by atoms with E-state index in [4.69, 9.17) is 33.8 Å². The summed E-state index contributed by atoms with van der Waals surface area (Å²) in [5.74, 6) is 6.33. The predicted molar refractivity (Wildman–Crippen MR) is 74.8 cm³/mol. The molecular formula is C13H10Cl2N2O. The van der Waals surface area contributed by atoms with Crippen molar-refractivity contribution < 1.29 is 4.74 Å². The topological polar surface area (TPSA) is 47.6 Å². The predicted octanol–water partition coefficient (Wildman–Crippen LogP) is 4.08. The van der Waals surface area contributed by atoms with Gasteiger partial charge in [0.1, 0.15) is 11.5 Å². The highest BCUT2D eigenvalue weighted by atomic mass is 35.5. The van der Waals surface area contributed by atoms with E-state index in [2.05, 4.69) is 5.10 Å². The largest absolute Gasteiger partial charge is 0.457 e. The Morgan fingerprint density at radius 1 is 1.00 bits per heavy atom. The number of nitrogens with zero attached hydrogens (tertiary/aromatic N) is 1. The highest BCUT2D eigenvalue weighted by Crippen LogP contribution is 2.28. The van der Waals surface area contributed by atoms with Gasteiger partial charge >= 0.3 is 0 Å². The molecule has 0 aromatic heterocycles. The van der Waals surface area contributed by atoms with Gasteiger partial charge in [0.25, 0.3) is 0 Å². The second-order valence-electron chi connectivity index (χ2n) is 3.56. The number of halogens is 2. The third-order valence-electron chi connectivity index (χ3n) is 2.15. The standard InChI is InChI=1S/C13H10Cl2N2O/c14-10-5-11(15)7-13(6-10)18-12-3-1-2-9(4-12)8-17-16/h1-8H,16H2. The molecule has 0 aliphatic heterocycles. The molecule has 92 valence electrons. The molecule has 0 atom stereocenters. The third kappa shape index (κ3) is 3.39. The van der Waals surface area contributed by atoms with Gasteiger partial charge in [-0.25, -0.2) is 0 Å². The van der Waals surface area contributed by atoms with Gasteiger partial charge < -0.3 is 10.6 Å². The van der Waals surface area contributed by atoms with E-state index in [1.807, 2.05) is 24.3 Å². The molecular weight excluding hydrogens is 271 g/mol. The van der Waals surface area contributed by atoms with Crippen LogP contribution in [-0.2, 0) is 0 Å². The van der Waals surface area contributed by atoms with Crippen molar-refractivity contribution in [2.75, 3.05) is 0 Å². The van der Waals surface area contributed by atoms with Crippen molar-refractivity contribution in [2.24, 2.45) is 10.9 Å². The molecule has 0 spiro atoms. The van der Waals surface area contributed by atoms with Crippen LogP contribution in [0.1, 0.15) is 5.56 Å². The van der Waals surface area contributed by atoms with Crippen molar-refractivity contribution in [1.29, 1.82) is 0 Å². The molecule has 2 N–H and O–H groups in total. The maximum atomic E-state index is 5.90. The number of benzene rings is 2. The molecule has 0 aliphatic carbocycles. The van der Waals surface area contributed by atoms with Gasteiger partial charge in [0.05, 0.1) is 6.21 Å². The third-order valence-corrected chi connectivity index (χ3v) is 2.59. The van der Waals surface area contributed by atoms with E-state index in [0.29, 0.717) is 21.5 Å². The maximum absolute atomic E-state index is 5.90. The molecule has 5 heteroatoms. The van der Waals surface area contributed by atoms with Crippen LogP contribution in [-0.4, -0.2) is 6.21 Å². The Morgan fingerprint density at radius 2 is 1.72 bits per heavy atom. The van der Waals surface area contributed by atoms with Crippen molar-refractivity contribution in [1.82, 2.24) is 0 Å². The first kappa shape index (κ1) is 12.7. The van der Waals surface area contributed by atoms with Crippen LogP contribution < -0.4 is 10.6 Å². The van der Waals surface area contributed by atoms with E-state index in [9.17, 15) is 0 Å². The lowest BCUT2D eigenvalue weighted by atomic mass is 10.2. The first-order chi connectivity index (χ1) is 8.67. The van der Waals surface area contributed by atoms with Crippen LogP contribution in [0.5, 0.6) is 11.5 Å². The molecule has 2 rings (SSSR count). The second-order valence-corrected chi connectivity index (χ2v) is 4.43. The summed E-state index contributed by atoms with van der Waals surface area (Å²) in [4.78, 5) is 0. The van der Waals surface area contributed by atoms with E-state index >= 15 is 0 Å². The summed E-state index contributed by atoms with van der Waals surface area (Å²) in [7, 11) is 0. The van der Waals surface area contributed by atoms with Gasteiger partial charge in [-0.15, -0.1) is 0 Å². The summed E-state index contributed by atoms with van der Waals surface area (Å²) < 4.78 is 5.66. The zero-order chi connectivity index (χ0) is 13.0. The number of hydrazone groups is 1. The van der Waals surface area contributed by atoms with Crippen LogP contribution in [0.15, 0.2) is 47.6 Å². The lowest BCUT2D eigenvalue weighted by Crippen LogP contribution is -1.89. The number of nitrogens with two attached hydrogens (primary N) is 1. The molecule has 0 bridgehead atoms. The highest BCUT2D eigenvalue weighted by Gasteiger charge is 2.01. The molecule has 0 heterocycles. The summed E-state index contributed by atoms with van der Waals surface area (Å²) in [6.07, 6.45) is 1.54. The van der Waals surface area contributed by atoms with Crippen molar-refractivity contribution in [3.63, 3.8) is 0 Å². The summed E-state index contributed by atoms with van der Waals surface area (Å²) >= 11 is 11.8. The molecule has 0 amide bonds. The average molecular weight is 281 g/mol. The molecule has 0 radical (unpaired) electrons. The van der Waals surface area contributed by atoms with Gasteiger partial charge in [-0.3, -0.25) is 0 Å². The summed E-state index contributed by atoms with van der Waals surface area (Å²) in [6.45, 7) is 0. The fourth-order valence-electron chi connectivity index (χ4n) is 1.47. The van der Waals surface area contributed by atoms with Crippen molar-refractivity contribution in [2.45, 2.75) is 0 Å². The molecule has 0 aliphatic rings. The molecule has 18 heavy (non-hydrogen) atoms. The number of rotatable bonds is 3. The van der Waals surface area contributed by atoms with Gasteiger partial charge in [-0.1, -0.05) is 35.3 Å². The number of ether oxygens (including phenoxy) is 1. The SMILES string of the molecule is NN=Cc1cccc(Oc2cc(Cl)cc(Cl)c2)c1. The van der Waals surface area contributed by atoms with E-state index in [1.54, 1.807) is 18.2 Å². The monoisotopic (exact) mass is 280 g/mol. The molecule has 0 saturated heterocycles. The van der Waals surface area contributed by atoms with E-state index in [-0.39, 0.29) is 0 Å². The second kappa shape index (κ2) is 5.76. The lowest BCUT2D eigenvalue weighted by molar-refractivity contribution is 0.482. The summed E-state index contributed by atoms with van der Waals surface area (Å²) in [6, 6.07) is 12.4. The van der Waals surface area contributed by atoms with E-state index < -0.39 is 0 Å². The Hall–Kier alpha value is -1.71. The summed E-state index contributed by atoms with van der Waals surface area (Å²) in [5.41, 5.74) is 0.850. The van der Waals surface area contributed by atoms with Gasteiger partial charge in [-0.05, 0) is 35.9 Å². The lowest BCUT2D eigenvalue weighted by Gasteiger charge is -2.07. The van der Waals surface area contributed by atoms with Crippen LogP contribution in [0.2, 0.25) is 10.0 Å². The van der Waals surface area contributed by atoms with Gasteiger partial charge in [0.2, 0.25) is 0 Å².